The number of piperidine rings is 1. The summed E-state index contributed by atoms with van der Waals surface area (Å²) in [5, 5.41) is 7.44. The maximum Gasteiger partial charge on any atom is 0.242 e. The fourth-order valence-corrected chi connectivity index (χ4v) is 8.46. The topological polar surface area (TPSA) is 135 Å². The Hall–Kier alpha value is -4.36. The van der Waals surface area contributed by atoms with E-state index in [0.29, 0.717) is 41.4 Å². The number of methoxy groups -OCH3 is 1. The van der Waals surface area contributed by atoms with Crippen molar-refractivity contribution < 1.29 is 32.2 Å². The molecule has 2 amide bonds. The summed E-state index contributed by atoms with van der Waals surface area (Å²) >= 11 is 0. The Morgan fingerprint density at radius 3 is 2.25 bits per heavy atom. The molecule has 0 radical (unpaired) electrons. The van der Waals surface area contributed by atoms with Gasteiger partial charge in [0, 0.05) is 38.0 Å². The van der Waals surface area contributed by atoms with Crippen LogP contribution in [0.2, 0.25) is 0 Å². The van der Waals surface area contributed by atoms with E-state index in [0.717, 1.165) is 22.9 Å². The molecule has 6 rings (SSSR count). The summed E-state index contributed by atoms with van der Waals surface area (Å²) in [5.74, 6) is 1.07. The molecule has 4 aromatic rings. The third-order valence-corrected chi connectivity index (χ3v) is 11.8. The fraction of sp³-hybridized carbons (Fsp3) is 0.429. The van der Waals surface area contributed by atoms with Crippen LogP contribution in [0.25, 0.3) is 10.8 Å². The van der Waals surface area contributed by atoms with Crippen LogP contribution < -0.4 is 29.6 Å². The molecule has 0 saturated carbocycles. The van der Waals surface area contributed by atoms with E-state index < -0.39 is 28.0 Å². The lowest BCUT2D eigenvalue weighted by Crippen LogP contribution is -2.49. The second kappa shape index (κ2) is 18.5. The molecular weight excluding hydrogens is 740 g/mol. The van der Waals surface area contributed by atoms with Crippen LogP contribution in [0.4, 0.5) is 0 Å². The number of halogens is 1. The van der Waals surface area contributed by atoms with E-state index in [9.17, 15) is 18.0 Å². The first kappa shape index (κ1) is 41.8. The van der Waals surface area contributed by atoms with Crippen molar-refractivity contribution in [3.8, 4) is 17.2 Å². The van der Waals surface area contributed by atoms with E-state index in [-0.39, 0.29) is 48.8 Å². The normalized spacial score (nSPS) is 18.0. The van der Waals surface area contributed by atoms with Crippen LogP contribution in [0.1, 0.15) is 76.1 Å². The van der Waals surface area contributed by atoms with Gasteiger partial charge in [0.05, 0.1) is 18.0 Å². The minimum atomic E-state index is -4.12. The van der Waals surface area contributed by atoms with Gasteiger partial charge in [-0.05, 0) is 96.5 Å². The molecule has 296 valence electrons. The molecule has 13 heteroatoms. The third kappa shape index (κ3) is 10.7. The number of nitrogens with one attached hydrogen (secondary N) is 3. The van der Waals surface area contributed by atoms with Gasteiger partial charge in [0.15, 0.2) is 11.5 Å². The van der Waals surface area contributed by atoms with E-state index >= 15 is 0 Å². The maximum atomic E-state index is 13.9. The number of amides is 2. The lowest BCUT2D eigenvalue weighted by molar-refractivity contribution is -0.129. The van der Waals surface area contributed by atoms with E-state index in [1.54, 1.807) is 49.6 Å². The molecule has 4 aromatic carbocycles. The van der Waals surface area contributed by atoms with Gasteiger partial charge in [0.2, 0.25) is 28.6 Å². The first-order chi connectivity index (χ1) is 25.9. The van der Waals surface area contributed by atoms with E-state index in [4.69, 9.17) is 14.2 Å². The number of ether oxygens (including phenoxy) is 3. The van der Waals surface area contributed by atoms with Crippen LogP contribution in [-0.2, 0) is 32.6 Å². The molecule has 1 fully saturated rings. The number of carbonyl (C=O) groups excluding carboxylic acids is 2. The Morgan fingerprint density at radius 1 is 0.873 bits per heavy atom. The van der Waals surface area contributed by atoms with Crippen LogP contribution in [0.3, 0.4) is 0 Å². The predicted molar refractivity (Wildman–Crippen MR) is 216 cm³/mol. The van der Waals surface area contributed by atoms with Gasteiger partial charge in [-0.1, -0.05) is 62.7 Å². The Bertz CT molecular complexity index is 2050. The van der Waals surface area contributed by atoms with Gasteiger partial charge in [-0.15, -0.1) is 12.4 Å². The number of benzene rings is 4. The van der Waals surface area contributed by atoms with Gasteiger partial charge in [-0.2, -0.15) is 0 Å². The SMILES string of the molecule is COc1ccc2cc(S(=O)(=O)N[C@H](CC(=O)N[C@H](Cc3ccc(CN4[C@H](C)CCC[C@@H]4C)cc3)C(=O)NCC(C)C)c3ccc4c(c3)OCO4)ccc2c1.Cl. The highest BCUT2D eigenvalue weighted by Crippen LogP contribution is 2.35. The molecule has 2 heterocycles. The molecule has 2 aliphatic rings. The number of carbonyl (C=O) groups is 2. The fourth-order valence-electron chi connectivity index (χ4n) is 7.20. The maximum absolute atomic E-state index is 13.9. The smallest absolute Gasteiger partial charge is 0.242 e. The number of hydrogen-bond acceptors (Lipinski definition) is 8. The highest BCUT2D eigenvalue weighted by molar-refractivity contribution is 7.89. The molecule has 2 aliphatic heterocycles. The first-order valence-corrected chi connectivity index (χ1v) is 20.3. The van der Waals surface area contributed by atoms with Gasteiger partial charge in [0.1, 0.15) is 11.8 Å². The largest absolute Gasteiger partial charge is 0.497 e. The second-order valence-electron chi connectivity index (χ2n) is 14.9. The summed E-state index contributed by atoms with van der Waals surface area (Å²) in [6.45, 7) is 9.95. The van der Waals surface area contributed by atoms with Crippen molar-refractivity contribution in [3.05, 3.63) is 95.6 Å². The summed E-state index contributed by atoms with van der Waals surface area (Å²) in [7, 11) is -2.55. The molecular formula is C42H53ClN4O7S. The van der Waals surface area contributed by atoms with E-state index in [2.05, 4.69) is 46.2 Å². The second-order valence-corrected chi connectivity index (χ2v) is 16.7. The molecule has 3 N–H and O–H groups in total. The summed E-state index contributed by atoms with van der Waals surface area (Å²) in [5.41, 5.74) is 2.62. The van der Waals surface area contributed by atoms with Crippen molar-refractivity contribution in [1.82, 2.24) is 20.3 Å². The van der Waals surface area contributed by atoms with Crippen LogP contribution >= 0.6 is 12.4 Å². The Balaban J connectivity index is 0.00000580. The first-order valence-electron chi connectivity index (χ1n) is 18.8. The van der Waals surface area contributed by atoms with Gasteiger partial charge >= 0.3 is 0 Å². The molecule has 0 aromatic heterocycles. The van der Waals surface area contributed by atoms with Crippen LogP contribution in [-0.4, -0.2) is 63.7 Å². The number of fused-ring (bicyclic) bond motifs is 2. The van der Waals surface area contributed by atoms with Crippen LogP contribution in [0, 0.1) is 5.92 Å². The van der Waals surface area contributed by atoms with Gasteiger partial charge in [0.25, 0.3) is 0 Å². The quantitative estimate of drug-likeness (QED) is 0.122. The lowest BCUT2D eigenvalue weighted by Gasteiger charge is -2.39. The zero-order chi connectivity index (χ0) is 38.4. The summed E-state index contributed by atoms with van der Waals surface area (Å²) < 4.78 is 47.0. The number of likely N-dealkylation sites (tertiary alicyclic amines) is 1. The van der Waals surface area contributed by atoms with Crippen molar-refractivity contribution in [2.24, 2.45) is 5.92 Å². The van der Waals surface area contributed by atoms with Crippen molar-refractivity contribution in [1.29, 1.82) is 0 Å². The molecule has 4 atom stereocenters. The van der Waals surface area contributed by atoms with E-state index in [1.807, 2.05) is 32.0 Å². The van der Waals surface area contributed by atoms with Crippen LogP contribution in [0.5, 0.6) is 17.2 Å². The van der Waals surface area contributed by atoms with E-state index in [1.165, 1.54) is 30.9 Å². The standard InChI is InChI=1S/C42H52N4O7S.ClH/c1-27(2)24-43-42(48)38(19-30-9-11-31(12-10-30)25-46-28(3)7-6-8-29(46)4)44-41(47)23-37(34-15-18-39-40(22-34)53-26-52-39)45-54(49,50)36-17-14-32-20-35(51-5)16-13-33(32)21-36;/h9-18,20-22,27-29,37-38,45H,6-8,19,23-26H2,1-5H3,(H,43,48)(H,44,47);1H/t28-,29+,37-,38-;/m1./s1. The zero-order valence-corrected chi connectivity index (χ0v) is 33.8. The molecule has 0 unspecified atom stereocenters. The molecule has 0 bridgehead atoms. The minimum absolute atomic E-state index is 0. The average Bonchev–Trinajstić information content (AvgIpc) is 3.63. The monoisotopic (exact) mass is 792 g/mol. The highest BCUT2D eigenvalue weighted by Gasteiger charge is 2.29. The van der Waals surface area contributed by atoms with Gasteiger partial charge in [-0.3, -0.25) is 14.5 Å². The molecule has 11 nitrogen and oxygen atoms in total. The minimum Gasteiger partial charge on any atom is -0.497 e. The number of hydrogen-bond donors (Lipinski definition) is 3. The van der Waals surface area contributed by atoms with Gasteiger partial charge in [-0.25, -0.2) is 13.1 Å². The summed E-state index contributed by atoms with van der Waals surface area (Å²) in [6, 6.07) is 22.7. The number of nitrogens with zero attached hydrogens (tertiary/aromatic N) is 1. The highest BCUT2D eigenvalue weighted by atomic mass is 35.5. The Labute approximate surface area is 331 Å². The summed E-state index contributed by atoms with van der Waals surface area (Å²) in [6.07, 6.45) is 3.66. The molecule has 55 heavy (non-hydrogen) atoms. The van der Waals surface area contributed by atoms with Crippen molar-refractivity contribution in [3.63, 3.8) is 0 Å². The predicted octanol–water partition coefficient (Wildman–Crippen LogP) is 6.67. The lowest BCUT2D eigenvalue weighted by atomic mass is 9.96. The number of sulfonamides is 1. The summed E-state index contributed by atoms with van der Waals surface area (Å²) in [4.78, 5) is 30.0. The van der Waals surface area contributed by atoms with Crippen LogP contribution in [0.15, 0.2) is 83.8 Å². The Kier molecular flexibility index (Phi) is 14.1. The van der Waals surface area contributed by atoms with Crippen molar-refractivity contribution in [2.45, 2.75) is 95.4 Å². The molecule has 0 aliphatic carbocycles. The Morgan fingerprint density at radius 2 is 1.55 bits per heavy atom. The third-order valence-electron chi connectivity index (χ3n) is 10.4. The number of rotatable bonds is 15. The van der Waals surface area contributed by atoms with Gasteiger partial charge < -0.3 is 24.8 Å². The van der Waals surface area contributed by atoms with Crippen molar-refractivity contribution in [2.75, 3.05) is 20.4 Å². The average molecular weight is 793 g/mol. The zero-order valence-electron chi connectivity index (χ0n) is 32.2. The molecule has 1 saturated heterocycles. The molecule has 0 spiro atoms. The van der Waals surface area contributed by atoms with Crippen molar-refractivity contribution >= 4 is 45.0 Å².